The first-order chi connectivity index (χ1) is 19.9. The Morgan fingerprint density at radius 2 is 1.71 bits per heavy atom. The summed E-state index contributed by atoms with van der Waals surface area (Å²) >= 11 is 0. The quantitative estimate of drug-likeness (QED) is 0.230. The van der Waals surface area contributed by atoms with Crippen molar-refractivity contribution in [2.24, 2.45) is 0 Å². The Hall–Kier alpha value is -3.63. The number of phenols is 1. The summed E-state index contributed by atoms with van der Waals surface area (Å²) in [5, 5.41) is 11.7. The van der Waals surface area contributed by atoms with Crippen LogP contribution in [-0.2, 0) is 16.2 Å². The Bertz CT molecular complexity index is 1560. The highest BCUT2D eigenvalue weighted by Crippen LogP contribution is 2.36. The standard InChI is InChI=1S/C32H41N5O4S/c1-32(2,3)41-31(39)36-13-7-8-27(36)30-35-20-28(37(30)21-40-14-15-42(4,5)6)25-18-33-29(34-19-25)24-10-9-23-17-26(38)12-11-22(23)16-24/h9-12,16-20,27,38H,7-8,13-15,21H2,1-6H3/t27-/m0/s1. The molecule has 1 aliphatic rings. The normalized spacial score (nSPS) is 16.2. The predicted octanol–water partition coefficient (Wildman–Crippen LogP) is 6.61. The topological polar surface area (TPSA) is 103 Å². The van der Waals surface area contributed by atoms with Crippen molar-refractivity contribution in [2.75, 3.05) is 37.7 Å². The molecule has 1 atom stereocenters. The van der Waals surface area contributed by atoms with Crippen molar-refractivity contribution in [3.05, 3.63) is 60.8 Å². The molecule has 42 heavy (non-hydrogen) atoms. The minimum absolute atomic E-state index is 0.206. The fourth-order valence-corrected chi connectivity index (χ4v) is 5.66. The third-order valence-corrected chi connectivity index (χ3v) is 8.55. The molecule has 1 N–H and O–H groups in total. The van der Waals surface area contributed by atoms with Crippen molar-refractivity contribution >= 4 is 26.9 Å². The Morgan fingerprint density at radius 3 is 2.43 bits per heavy atom. The Morgan fingerprint density at radius 1 is 1.00 bits per heavy atom. The number of nitrogens with zero attached hydrogens (tertiary/aromatic N) is 5. The van der Waals surface area contributed by atoms with Gasteiger partial charge < -0.3 is 19.1 Å². The predicted molar refractivity (Wildman–Crippen MR) is 169 cm³/mol. The fraction of sp³-hybridized carbons (Fsp3) is 0.438. The van der Waals surface area contributed by atoms with E-state index in [2.05, 4.69) is 28.7 Å². The lowest BCUT2D eigenvalue weighted by molar-refractivity contribution is 0.0205. The fourth-order valence-electron chi connectivity index (χ4n) is 5.04. The molecule has 10 heteroatoms. The highest BCUT2D eigenvalue weighted by atomic mass is 32.3. The molecule has 1 saturated heterocycles. The first-order valence-corrected chi connectivity index (χ1v) is 17.2. The number of fused-ring (bicyclic) bond motifs is 1. The van der Waals surface area contributed by atoms with Gasteiger partial charge in [0.15, 0.2) is 5.82 Å². The van der Waals surface area contributed by atoms with E-state index in [4.69, 9.17) is 14.5 Å². The molecule has 1 aliphatic heterocycles. The lowest BCUT2D eigenvalue weighted by Gasteiger charge is -2.29. The molecule has 1 amide bonds. The molecule has 0 saturated carbocycles. The van der Waals surface area contributed by atoms with E-state index in [1.54, 1.807) is 29.4 Å². The number of amides is 1. The third-order valence-electron chi connectivity index (χ3n) is 7.16. The van der Waals surface area contributed by atoms with E-state index in [1.165, 1.54) is 0 Å². The van der Waals surface area contributed by atoms with Crippen LogP contribution in [0.4, 0.5) is 4.79 Å². The first-order valence-electron chi connectivity index (χ1n) is 14.2. The van der Waals surface area contributed by atoms with Crippen LogP contribution in [0.1, 0.15) is 45.5 Å². The minimum atomic E-state index is -0.689. The zero-order valence-electron chi connectivity index (χ0n) is 25.3. The largest absolute Gasteiger partial charge is 0.508 e. The molecule has 4 aromatic rings. The van der Waals surface area contributed by atoms with E-state index in [9.17, 15) is 9.90 Å². The minimum Gasteiger partial charge on any atom is -0.508 e. The van der Waals surface area contributed by atoms with E-state index < -0.39 is 15.6 Å². The van der Waals surface area contributed by atoms with Crippen LogP contribution in [0.5, 0.6) is 5.75 Å². The average Bonchev–Trinajstić information content (AvgIpc) is 3.57. The van der Waals surface area contributed by atoms with Crippen molar-refractivity contribution in [1.82, 2.24) is 24.4 Å². The van der Waals surface area contributed by atoms with Gasteiger partial charge in [-0.25, -0.2) is 29.8 Å². The third kappa shape index (κ3) is 7.04. The number of benzene rings is 2. The second kappa shape index (κ2) is 11.9. The maximum Gasteiger partial charge on any atom is 0.410 e. The molecular weight excluding hydrogens is 550 g/mol. The number of hydrogen-bond donors (Lipinski definition) is 1. The zero-order chi connectivity index (χ0) is 30.1. The lowest BCUT2D eigenvalue weighted by atomic mass is 10.1. The van der Waals surface area contributed by atoms with Crippen molar-refractivity contribution in [2.45, 2.75) is 52.0 Å². The number of carbonyl (C=O) groups excluding carboxylic acids is 1. The van der Waals surface area contributed by atoms with Crippen molar-refractivity contribution < 1.29 is 19.4 Å². The van der Waals surface area contributed by atoms with Crippen LogP contribution in [0.2, 0.25) is 0 Å². The van der Waals surface area contributed by atoms with Gasteiger partial charge in [0.05, 0.1) is 24.5 Å². The van der Waals surface area contributed by atoms with Crippen molar-refractivity contribution in [3.8, 4) is 28.4 Å². The van der Waals surface area contributed by atoms with Gasteiger partial charge >= 0.3 is 6.09 Å². The molecule has 0 radical (unpaired) electrons. The van der Waals surface area contributed by atoms with Crippen LogP contribution >= 0.6 is 10.0 Å². The van der Waals surface area contributed by atoms with E-state index in [-0.39, 0.29) is 17.9 Å². The highest BCUT2D eigenvalue weighted by molar-refractivity contribution is 8.32. The van der Waals surface area contributed by atoms with Crippen LogP contribution in [0.15, 0.2) is 55.0 Å². The van der Waals surface area contributed by atoms with Gasteiger partial charge in [-0.1, -0.05) is 18.2 Å². The average molecular weight is 592 g/mol. The zero-order valence-corrected chi connectivity index (χ0v) is 26.1. The summed E-state index contributed by atoms with van der Waals surface area (Å²) in [7, 11) is -0.689. The van der Waals surface area contributed by atoms with Gasteiger partial charge in [-0.2, -0.15) is 0 Å². The molecule has 2 aromatic heterocycles. The summed E-state index contributed by atoms with van der Waals surface area (Å²) < 4.78 is 14.0. The first kappa shape index (κ1) is 29.8. The van der Waals surface area contributed by atoms with E-state index >= 15 is 0 Å². The number of ether oxygens (including phenoxy) is 2. The van der Waals surface area contributed by atoms with Gasteiger partial charge in [0.25, 0.3) is 0 Å². The van der Waals surface area contributed by atoms with Crippen LogP contribution in [0.25, 0.3) is 33.4 Å². The summed E-state index contributed by atoms with van der Waals surface area (Å²) in [4.78, 5) is 29.1. The van der Waals surface area contributed by atoms with E-state index in [0.29, 0.717) is 25.7 Å². The Balaban J connectivity index is 1.44. The number of rotatable bonds is 8. The molecule has 0 aliphatic carbocycles. The van der Waals surface area contributed by atoms with Gasteiger partial charge in [0.2, 0.25) is 0 Å². The van der Waals surface area contributed by atoms with Gasteiger partial charge in [-0.15, -0.1) is 0 Å². The van der Waals surface area contributed by atoms with Crippen LogP contribution in [0.3, 0.4) is 0 Å². The monoisotopic (exact) mass is 591 g/mol. The molecule has 2 aromatic carbocycles. The molecular formula is C32H41N5O4S. The lowest BCUT2D eigenvalue weighted by Crippen LogP contribution is -2.37. The number of aromatic hydroxyl groups is 1. The maximum atomic E-state index is 13.1. The summed E-state index contributed by atoms with van der Waals surface area (Å²) in [6.07, 6.45) is 13.6. The Labute approximate surface area is 249 Å². The number of hydrogen-bond acceptors (Lipinski definition) is 7. The summed E-state index contributed by atoms with van der Waals surface area (Å²) in [5.41, 5.74) is 1.97. The molecule has 0 spiro atoms. The summed E-state index contributed by atoms with van der Waals surface area (Å²) in [6.45, 7) is 7.23. The number of phenolic OH excluding ortho intramolecular Hbond substituents is 1. The van der Waals surface area contributed by atoms with E-state index in [0.717, 1.165) is 52.0 Å². The molecule has 9 nitrogen and oxygen atoms in total. The molecule has 0 unspecified atom stereocenters. The molecule has 3 heterocycles. The highest BCUT2D eigenvalue weighted by Gasteiger charge is 2.36. The smallest absolute Gasteiger partial charge is 0.410 e. The van der Waals surface area contributed by atoms with Gasteiger partial charge in [-0.3, -0.25) is 4.90 Å². The number of carbonyl (C=O) groups is 1. The summed E-state index contributed by atoms with van der Waals surface area (Å²) in [6, 6.07) is 11.0. The molecule has 0 bridgehead atoms. The van der Waals surface area contributed by atoms with Crippen LogP contribution < -0.4 is 0 Å². The van der Waals surface area contributed by atoms with Crippen LogP contribution in [-0.4, -0.2) is 78.9 Å². The number of imidazole rings is 1. The SMILES string of the molecule is CC(C)(C)OC(=O)N1CCC[C@H]1c1ncc(-c2cnc(-c3ccc4cc(O)ccc4c3)nc2)n1COCCS(C)(C)C. The summed E-state index contributed by atoms with van der Waals surface area (Å²) in [5.74, 6) is 2.63. The second-order valence-electron chi connectivity index (χ2n) is 12.6. The molecule has 5 rings (SSSR count). The van der Waals surface area contributed by atoms with Gasteiger partial charge in [0.1, 0.15) is 23.9 Å². The van der Waals surface area contributed by atoms with Crippen molar-refractivity contribution in [3.63, 3.8) is 0 Å². The molecule has 1 fully saturated rings. The number of aromatic nitrogens is 4. The van der Waals surface area contributed by atoms with Crippen LogP contribution in [0, 0.1) is 0 Å². The van der Waals surface area contributed by atoms with Gasteiger partial charge in [0, 0.05) is 35.8 Å². The number of likely N-dealkylation sites (tertiary alicyclic amines) is 1. The van der Waals surface area contributed by atoms with Crippen molar-refractivity contribution in [1.29, 1.82) is 0 Å². The van der Waals surface area contributed by atoms with E-state index in [1.807, 2.05) is 55.8 Å². The second-order valence-corrected chi connectivity index (χ2v) is 17.2. The maximum absolute atomic E-state index is 13.1. The molecule has 224 valence electrons. The Kier molecular flexibility index (Phi) is 8.48. The van der Waals surface area contributed by atoms with Gasteiger partial charge in [-0.05, 0) is 81.4 Å².